The highest BCUT2D eigenvalue weighted by atomic mass is 32.2. The summed E-state index contributed by atoms with van der Waals surface area (Å²) in [7, 11) is 0. The van der Waals surface area contributed by atoms with Gasteiger partial charge in [0.15, 0.2) is 5.17 Å². The van der Waals surface area contributed by atoms with Gasteiger partial charge in [-0.1, -0.05) is 47.5 Å². The number of aliphatic imine (C=N–C) groups is 1. The lowest BCUT2D eigenvalue weighted by atomic mass is 10.1. The third-order valence-corrected chi connectivity index (χ3v) is 4.97. The van der Waals surface area contributed by atoms with Crippen LogP contribution >= 0.6 is 11.8 Å². The van der Waals surface area contributed by atoms with Crippen molar-refractivity contribution in [1.82, 2.24) is 4.90 Å². The first-order valence-corrected chi connectivity index (χ1v) is 9.21. The summed E-state index contributed by atoms with van der Waals surface area (Å²) in [6.07, 6.45) is 1.94. The molecule has 1 aliphatic heterocycles. The fourth-order valence-electron chi connectivity index (χ4n) is 2.56. The normalized spacial score (nSPS) is 18.0. The maximum absolute atomic E-state index is 12.8. The predicted octanol–water partition coefficient (Wildman–Crippen LogP) is 5.32. The van der Waals surface area contributed by atoms with Crippen LogP contribution in [0.2, 0.25) is 0 Å². The van der Waals surface area contributed by atoms with E-state index in [-0.39, 0.29) is 11.9 Å². The molecule has 1 amide bonds. The minimum atomic E-state index is 0.0198. The van der Waals surface area contributed by atoms with Crippen molar-refractivity contribution in [1.29, 1.82) is 0 Å². The van der Waals surface area contributed by atoms with Crippen molar-refractivity contribution in [2.24, 2.45) is 4.99 Å². The lowest BCUT2D eigenvalue weighted by Crippen LogP contribution is -2.35. The zero-order chi connectivity index (χ0) is 18.0. The number of carbonyl (C=O) groups excluding carboxylic acids is 1. The van der Waals surface area contributed by atoms with Gasteiger partial charge in [-0.25, -0.2) is 4.99 Å². The second-order valence-corrected chi connectivity index (χ2v) is 7.53. The third kappa shape index (κ3) is 4.02. The van der Waals surface area contributed by atoms with Crippen LogP contribution in [0.15, 0.2) is 58.4 Å². The maximum Gasteiger partial charge on any atom is 0.266 e. The standard InChI is InChI=1S/C21H22N2OS/c1-14(2)23-20(24)19(13-17-9-5-15(3)6-10-17)25-21(23)22-18-11-7-16(4)8-12-18/h5-14H,1-4H3/b19-13+,22-21?. The topological polar surface area (TPSA) is 32.7 Å². The minimum absolute atomic E-state index is 0.0198. The monoisotopic (exact) mass is 350 g/mol. The first kappa shape index (κ1) is 17.5. The quantitative estimate of drug-likeness (QED) is 0.702. The smallest absolute Gasteiger partial charge is 0.266 e. The molecule has 1 heterocycles. The molecule has 0 N–H and O–H groups in total. The Morgan fingerprint density at radius 1 is 0.960 bits per heavy atom. The zero-order valence-electron chi connectivity index (χ0n) is 15.0. The Balaban J connectivity index is 1.95. The van der Waals surface area contributed by atoms with E-state index in [0.717, 1.165) is 16.4 Å². The second-order valence-electron chi connectivity index (χ2n) is 6.52. The van der Waals surface area contributed by atoms with Crippen molar-refractivity contribution in [3.05, 3.63) is 70.1 Å². The SMILES string of the molecule is Cc1ccc(/C=C2/SC(=Nc3ccc(C)cc3)N(C(C)C)C2=O)cc1. The molecule has 3 rings (SSSR count). The Labute approximate surface area is 153 Å². The fraction of sp³-hybridized carbons (Fsp3) is 0.238. The van der Waals surface area contributed by atoms with Crippen LogP contribution in [0.5, 0.6) is 0 Å². The Kier molecular flexibility index (Phi) is 5.09. The molecule has 3 nitrogen and oxygen atoms in total. The van der Waals surface area contributed by atoms with Gasteiger partial charge in [-0.05, 0) is 63.2 Å². The average Bonchev–Trinajstić information content (AvgIpc) is 2.87. The van der Waals surface area contributed by atoms with Crippen molar-refractivity contribution in [2.75, 3.05) is 0 Å². The van der Waals surface area contributed by atoms with E-state index in [0.29, 0.717) is 4.91 Å². The van der Waals surface area contributed by atoms with Gasteiger partial charge in [0.25, 0.3) is 5.91 Å². The van der Waals surface area contributed by atoms with Gasteiger partial charge < -0.3 is 0 Å². The van der Waals surface area contributed by atoms with E-state index in [1.54, 1.807) is 4.90 Å². The molecule has 0 aliphatic carbocycles. The molecular weight excluding hydrogens is 328 g/mol. The van der Waals surface area contributed by atoms with E-state index in [2.05, 4.69) is 19.1 Å². The molecule has 0 bridgehead atoms. The van der Waals surface area contributed by atoms with E-state index < -0.39 is 0 Å². The van der Waals surface area contributed by atoms with Crippen molar-refractivity contribution in [3.8, 4) is 0 Å². The molecule has 2 aromatic carbocycles. The average molecular weight is 350 g/mol. The predicted molar refractivity (Wildman–Crippen MR) is 107 cm³/mol. The van der Waals surface area contributed by atoms with Gasteiger partial charge in [0, 0.05) is 6.04 Å². The van der Waals surface area contributed by atoms with Gasteiger partial charge in [0.1, 0.15) is 0 Å². The third-order valence-electron chi connectivity index (χ3n) is 3.99. The van der Waals surface area contributed by atoms with Crippen LogP contribution in [0, 0.1) is 13.8 Å². The second kappa shape index (κ2) is 7.28. The number of amides is 1. The number of benzene rings is 2. The molecule has 0 atom stereocenters. The summed E-state index contributed by atoms with van der Waals surface area (Å²) in [5.74, 6) is 0.0198. The number of nitrogens with zero attached hydrogens (tertiary/aromatic N) is 2. The molecular formula is C21H22N2OS. The Morgan fingerprint density at radius 2 is 1.52 bits per heavy atom. The molecule has 128 valence electrons. The lowest BCUT2D eigenvalue weighted by Gasteiger charge is -2.19. The number of rotatable bonds is 3. The largest absolute Gasteiger partial charge is 0.284 e. The Hall–Kier alpha value is -2.33. The lowest BCUT2D eigenvalue weighted by molar-refractivity contribution is -0.123. The van der Waals surface area contributed by atoms with Gasteiger partial charge in [-0.15, -0.1) is 0 Å². The number of hydrogen-bond acceptors (Lipinski definition) is 3. The van der Waals surface area contributed by atoms with Crippen LogP contribution in [0.1, 0.15) is 30.5 Å². The summed E-state index contributed by atoms with van der Waals surface area (Å²) < 4.78 is 0. The molecule has 0 spiro atoms. The van der Waals surface area contributed by atoms with Crippen molar-refractivity contribution in [3.63, 3.8) is 0 Å². The highest BCUT2D eigenvalue weighted by Gasteiger charge is 2.35. The summed E-state index contributed by atoms with van der Waals surface area (Å²) in [5.41, 5.74) is 4.29. The van der Waals surface area contributed by atoms with E-state index in [1.165, 1.54) is 22.9 Å². The summed E-state index contributed by atoms with van der Waals surface area (Å²) in [4.78, 5) is 20.0. The molecule has 0 unspecified atom stereocenters. The van der Waals surface area contributed by atoms with Crippen LogP contribution < -0.4 is 0 Å². The van der Waals surface area contributed by atoms with Gasteiger partial charge in [0.05, 0.1) is 10.6 Å². The number of aryl methyl sites for hydroxylation is 2. The van der Waals surface area contributed by atoms with E-state index in [1.807, 2.05) is 63.2 Å². The van der Waals surface area contributed by atoms with Gasteiger partial charge in [0.2, 0.25) is 0 Å². The van der Waals surface area contributed by atoms with Crippen LogP contribution in [-0.2, 0) is 4.79 Å². The number of hydrogen-bond donors (Lipinski definition) is 0. The van der Waals surface area contributed by atoms with Crippen molar-refractivity contribution < 1.29 is 4.79 Å². The first-order chi connectivity index (χ1) is 11.9. The maximum atomic E-state index is 12.8. The van der Waals surface area contributed by atoms with Gasteiger partial charge >= 0.3 is 0 Å². The van der Waals surface area contributed by atoms with Crippen molar-refractivity contribution in [2.45, 2.75) is 33.7 Å². The summed E-state index contributed by atoms with van der Waals surface area (Å²) in [6.45, 7) is 8.13. The molecule has 0 aromatic heterocycles. The van der Waals surface area contributed by atoms with Crippen LogP contribution in [-0.4, -0.2) is 22.0 Å². The summed E-state index contributed by atoms with van der Waals surface area (Å²) in [5, 5.41) is 0.738. The first-order valence-electron chi connectivity index (χ1n) is 8.39. The summed E-state index contributed by atoms with van der Waals surface area (Å²) in [6, 6.07) is 16.3. The van der Waals surface area contributed by atoms with E-state index in [9.17, 15) is 4.79 Å². The minimum Gasteiger partial charge on any atom is -0.284 e. The fourth-order valence-corrected chi connectivity index (χ4v) is 3.68. The highest BCUT2D eigenvalue weighted by molar-refractivity contribution is 8.18. The molecule has 2 aromatic rings. The van der Waals surface area contributed by atoms with Crippen molar-refractivity contribution >= 4 is 34.6 Å². The van der Waals surface area contributed by atoms with Gasteiger partial charge in [-0.3, -0.25) is 9.69 Å². The van der Waals surface area contributed by atoms with E-state index >= 15 is 0 Å². The molecule has 4 heteroatoms. The molecule has 0 saturated carbocycles. The zero-order valence-corrected chi connectivity index (χ0v) is 15.8. The number of amidine groups is 1. The Morgan fingerprint density at radius 3 is 2.08 bits per heavy atom. The molecule has 1 saturated heterocycles. The van der Waals surface area contributed by atoms with Crippen LogP contribution in [0.3, 0.4) is 0 Å². The highest BCUT2D eigenvalue weighted by Crippen LogP contribution is 2.35. The molecule has 1 aliphatic rings. The summed E-state index contributed by atoms with van der Waals surface area (Å²) >= 11 is 1.44. The Bertz CT molecular complexity index is 833. The van der Waals surface area contributed by atoms with Crippen LogP contribution in [0.4, 0.5) is 5.69 Å². The van der Waals surface area contributed by atoms with Gasteiger partial charge in [-0.2, -0.15) is 0 Å². The number of carbonyl (C=O) groups is 1. The molecule has 25 heavy (non-hydrogen) atoms. The number of thioether (sulfide) groups is 1. The van der Waals surface area contributed by atoms with E-state index in [4.69, 9.17) is 4.99 Å². The molecule has 0 radical (unpaired) electrons. The molecule has 1 fully saturated rings. The van der Waals surface area contributed by atoms with Crippen LogP contribution in [0.25, 0.3) is 6.08 Å².